The van der Waals surface area contributed by atoms with Gasteiger partial charge in [-0.05, 0) is 50.6 Å². The predicted octanol–water partition coefficient (Wildman–Crippen LogP) is 4.63. The zero-order valence-corrected chi connectivity index (χ0v) is 17.1. The lowest BCUT2D eigenvalue weighted by atomic mass is 9.95. The van der Waals surface area contributed by atoms with Gasteiger partial charge in [0.15, 0.2) is 0 Å². The molecule has 0 spiro atoms. The van der Waals surface area contributed by atoms with Gasteiger partial charge in [0.25, 0.3) is 0 Å². The topological polar surface area (TPSA) is 79.3 Å². The molecule has 2 aromatic carbocycles. The molecule has 29 heavy (non-hydrogen) atoms. The largest absolute Gasteiger partial charge is 0.481 e. The number of nitrogens with zero attached hydrogens (tertiary/aromatic N) is 1. The average Bonchev–Trinajstić information content (AvgIpc) is 2.74. The van der Waals surface area contributed by atoms with Crippen LogP contribution in [-0.2, 0) is 11.2 Å². The maximum absolute atomic E-state index is 11.1. The Morgan fingerprint density at radius 1 is 1.21 bits per heavy atom. The number of benzene rings is 2. The minimum atomic E-state index is -0.694. The summed E-state index contributed by atoms with van der Waals surface area (Å²) in [4.78, 5) is 25.7. The molecule has 0 radical (unpaired) electrons. The number of carbonyl (C=O) groups is 2. The molecule has 2 N–H and O–H groups in total. The molecule has 3 aromatic rings. The molecule has 0 fully saturated rings. The average molecular weight is 413 g/mol. The van der Waals surface area contributed by atoms with Crippen molar-refractivity contribution in [3.63, 3.8) is 0 Å². The van der Waals surface area contributed by atoms with Gasteiger partial charge in [0.1, 0.15) is 6.29 Å². The van der Waals surface area contributed by atoms with E-state index in [1.807, 2.05) is 37.4 Å². The summed E-state index contributed by atoms with van der Waals surface area (Å²) in [5.74, 6) is -0.962. The molecule has 3 rings (SSSR count). The molecule has 5 nitrogen and oxygen atoms in total. The number of hydrogen-bond donors (Lipinski definition) is 2. The molecule has 0 aliphatic rings. The summed E-state index contributed by atoms with van der Waals surface area (Å²) in [6.45, 7) is 0.874. The van der Waals surface area contributed by atoms with Gasteiger partial charge in [-0.1, -0.05) is 54.1 Å². The fourth-order valence-electron chi connectivity index (χ4n) is 2.94. The number of nitrogens with one attached hydrogen (secondary N) is 1. The third kappa shape index (κ3) is 7.29. The third-order valence-electron chi connectivity index (χ3n) is 4.50. The summed E-state index contributed by atoms with van der Waals surface area (Å²) in [5, 5.41) is 13.7. The first-order chi connectivity index (χ1) is 14.0. The molecule has 1 unspecified atom stereocenters. The molecular formula is C23H25ClN2O3. The fraction of sp³-hybridized carbons (Fsp3) is 0.261. The minimum Gasteiger partial charge on any atom is -0.481 e. The van der Waals surface area contributed by atoms with Gasteiger partial charge >= 0.3 is 5.97 Å². The van der Waals surface area contributed by atoms with Crippen molar-refractivity contribution in [2.24, 2.45) is 5.92 Å². The molecule has 1 heterocycles. The van der Waals surface area contributed by atoms with Crippen molar-refractivity contribution in [3.8, 4) is 0 Å². The van der Waals surface area contributed by atoms with Crippen LogP contribution in [0, 0.1) is 5.92 Å². The lowest BCUT2D eigenvalue weighted by Crippen LogP contribution is -2.18. The normalized spacial score (nSPS) is 11.4. The Kier molecular flexibility index (Phi) is 9.28. The fourth-order valence-corrected chi connectivity index (χ4v) is 3.16. The lowest BCUT2D eigenvalue weighted by molar-refractivity contribution is -0.141. The molecule has 0 aliphatic heterocycles. The smallest absolute Gasteiger partial charge is 0.306 e. The van der Waals surface area contributed by atoms with E-state index in [0.717, 1.165) is 42.1 Å². The number of carboxylic acid groups (broad SMARTS) is 1. The number of carboxylic acids is 1. The number of aromatic nitrogens is 1. The number of pyridine rings is 1. The van der Waals surface area contributed by atoms with Crippen molar-refractivity contribution in [3.05, 3.63) is 76.9 Å². The second kappa shape index (κ2) is 11.9. The Hall–Kier alpha value is -2.76. The SMILES string of the molecule is CNCCCC(Cc1ccccc1)C(=O)O.O=Cc1ccc2c(Cl)ccnc2c1. The van der Waals surface area contributed by atoms with Crippen molar-refractivity contribution in [2.75, 3.05) is 13.6 Å². The first-order valence-corrected chi connectivity index (χ1v) is 9.83. The van der Waals surface area contributed by atoms with Crippen LogP contribution in [-0.4, -0.2) is 35.9 Å². The van der Waals surface area contributed by atoms with E-state index in [2.05, 4.69) is 10.3 Å². The van der Waals surface area contributed by atoms with Crippen LogP contribution in [0.4, 0.5) is 0 Å². The Labute approximate surface area is 175 Å². The summed E-state index contributed by atoms with van der Waals surface area (Å²) < 4.78 is 0. The number of fused-ring (bicyclic) bond motifs is 1. The molecule has 6 heteroatoms. The van der Waals surface area contributed by atoms with Gasteiger partial charge in [-0.3, -0.25) is 14.6 Å². The Balaban J connectivity index is 0.000000211. The molecule has 0 aliphatic carbocycles. The van der Waals surface area contributed by atoms with Crippen LogP contribution >= 0.6 is 11.6 Å². The van der Waals surface area contributed by atoms with Crippen LogP contribution < -0.4 is 5.32 Å². The zero-order chi connectivity index (χ0) is 21.1. The van der Waals surface area contributed by atoms with E-state index in [1.54, 1.807) is 30.5 Å². The molecule has 0 amide bonds. The Morgan fingerprint density at radius 2 is 1.97 bits per heavy atom. The first-order valence-electron chi connectivity index (χ1n) is 9.46. The second-order valence-corrected chi connectivity index (χ2v) is 7.07. The summed E-state index contributed by atoms with van der Waals surface area (Å²) >= 11 is 5.92. The second-order valence-electron chi connectivity index (χ2n) is 6.66. The van der Waals surface area contributed by atoms with E-state index in [-0.39, 0.29) is 5.92 Å². The molecule has 0 bridgehead atoms. The summed E-state index contributed by atoms with van der Waals surface area (Å²) in [5.41, 5.74) is 2.46. The van der Waals surface area contributed by atoms with E-state index in [9.17, 15) is 9.59 Å². The van der Waals surface area contributed by atoms with Crippen LogP contribution in [0.15, 0.2) is 60.8 Å². The lowest BCUT2D eigenvalue weighted by Gasteiger charge is -2.12. The molecule has 1 aromatic heterocycles. The van der Waals surface area contributed by atoms with Crippen LogP contribution in [0.5, 0.6) is 0 Å². The van der Waals surface area contributed by atoms with Crippen molar-refractivity contribution < 1.29 is 14.7 Å². The highest BCUT2D eigenvalue weighted by molar-refractivity contribution is 6.35. The van der Waals surface area contributed by atoms with E-state index in [1.165, 1.54) is 0 Å². The van der Waals surface area contributed by atoms with E-state index in [4.69, 9.17) is 16.7 Å². The number of aldehydes is 1. The van der Waals surface area contributed by atoms with Crippen LogP contribution in [0.3, 0.4) is 0 Å². The highest BCUT2D eigenvalue weighted by Gasteiger charge is 2.17. The number of aliphatic carboxylic acids is 1. The number of rotatable bonds is 8. The van der Waals surface area contributed by atoms with Gasteiger partial charge in [0.2, 0.25) is 0 Å². The molecule has 0 saturated heterocycles. The quantitative estimate of drug-likeness (QED) is 0.416. The van der Waals surface area contributed by atoms with Gasteiger partial charge in [0.05, 0.1) is 16.5 Å². The van der Waals surface area contributed by atoms with E-state index < -0.39 is 5.97 Å². The van der Waals surface area contributed by atoms with Gasteiger partial charge in [-0.2, -0.15) is 0 Å². The Morgan fingerprint density at radius 3 is 2.62 bits per heavy atom. The summed E-state index contributed by atoms with van der Waals surface area (Å²) in [6.07, 6.45) is 4.67. The van der Waals surface area contributed by atoms with Crippen molar-refractivity contribution in [2.45, 2.75) is 19.3 Å². The Bertz CT molecular complexity index is 932. The number of hydrogen-bond acceptors (Lipinski definition) is 4. The number of carbonyl (C=O) groups excluding carboxylic acids is 1. The van der Waals surface area contributed by atoms with Gasteiger partial charge in [-0.25, -0.2) is 0 Å². The van der Waals surface area contributed by atoms with E-state index >= 15 is 0 Å². The highest BCUT2D eigenvalue weighted by Crippen LogP contribution is 2.21. The highest BCUT2D eigenvalue weighted by atomic mass is 35.5. The molecular weight excluding hydrogens is 388 g/mol. The van der Waals surface area contributed by atoms with Crippen LogP contribution in [0.1, 0.15) is 28.8 Å². The van der Waals surface area contributed by atoms with Crippen molar-refractivity contribution in [1.29, 1.82) is 0 Å². The number of halogens is 1. The third-order valence-corrected chi connectivity index (χ3v) is 4.83. The standard InChI is InChI=1S/C13H19NO2.C10H6ClNO/c1-14-9-5-8-12(13(15)16)10-11-6-3-2-4-7-11;11-9-3-4-12-10-5-7(6-13)1-2-8(9)10/h2-4,6-7,12,14H,5,8-10H2,1H3,(H,15,16);1-6H. The maximum Gasteiger partial charge on any atom is 0.306 e. The zero-order valence-electron chi connectivity index (χ0n) is 16.3. The predicted molar refractivity (Wildman–Crippen MR) is 117 cm³/mol. The van der Waals surface area contributed by atoms with Gasteiger partial charge in [0, 0.05) is 17.1 Å². The molecule has 152 valence electrons. The van der Waals surface area contributed by atoms with Crippen LogP contribution in [0.25, 0.3) is 10.9 Å². The minimum absolute atomic E-state index is 0.268. The molecule has 1 atom stereocenters. The first kappa shape index (κ1) is 22.5. The van der Waals surface area contributed by atoms with Gasteiger partial charge < -0.3 is 10.4 Å². The summed E-state index contributed by atoms with van der Waals surface area (Å²) in [7, 11) is 1.88. The monoisotopic (exact) mass is 412 g/mol. The van der Waals surface area contributed by atoms with Crippen molar-refractivity contribution >= 4 is 34.8 Å². The summed E-state index contributed by atoms with van der Waals surface area (Å²) in [6, 6.07) is 16.8. The van der Waals surface area contributed by atoms with Gasteiger partial charge in [-0.15, -0.1) is 0 Å². The van der Waals surface area contributed by atoms with Crippen molar-refractivity contribution in [1.82, 2.24) is 10.3 Å². The van der Waals surface area contributed by atoms with Crippen LogP contribution in [0.2, 0.25) is 5.02 Å². The maximum atomic E-state index is 11.1. The van der Waals surface area contributed by atoms with E-state index in [0.29, 0.717) is 17.0 Å². The molecule has 0 saturated carbocycles.